The average molecular weight is 341 g/mol. The zero-order chi connectivity index (χ0) is 16.5. The molecule has 0 N–H and O–H groups in total. The van der Waals surface area contributed by atoms with Gasteiger partial charge in [0.15, 0.2) is 5.76 Å². The SMILES string of the molecule is Cc1ncc2c(n1)CN(Cc1cc(-c3ccc(Cl)cc3)no1)CC2. The Balaban J connectivity index is 1.48. The molecule has 0 radical (unpaired) electrons. The first-order valence-corrected chi connectivity index (χ1v) is 8.30. The van der Waals surface area contributed by atoms with Gasteiger partial charge in [-0.25, -0.2) is 9.97 Å². The van der Waals surface area contributed by atoms with Crippen LogP contribution >= 0.6 is 11.6 Å². The Hall–Kier alpha value is -2.24. The molecule has 0 saturated heterocycles. The second-order valence-corrected chi connectivity index (χ2v) is 6.47. The highest BCUT2D eigenvalue weighted by Crippen LogP contribution is 2.23. The molecule has 2 aromatic heterocycles. The van der Waals surface area contributed by atoms with Crippen LogP contribution < -0.4 is 0 Å². The number of fused-ring (bicyclic) bond motifs is 1. The fraction of sp³-hybridized carbons (Fsp3) is 0.278. The van der Waals surface area contributed by atoms with Crippen molar-refractivity contribution in [3.8, 4) is 11.3 Å². The number of aryl methyl sites for hydroxylation is 1. The second kappa shape index (κ2) is 6.34. The molecule has 6 heteroatoms. The van der Waals surface area contributed by atoms with E-state index in [0.29, 0.717) is 5.02 Å². The van der Waals surface area contributed by atoms with Gasteiger partial charge in [-0.1, -0.05) is 28.9 Å². The number of aromatic nitrogens is 3. The summed E-state index contributed by atoms with van der Waals surface area (Å²) in [5.41, 5.74) is 4.20. The minimum atomic E-state index is 0.715. The Bertz CT molecular complexity index is 860. The molecule has 0 bridgehead atoms. The van der Waals surface area contributed by atoms with Crippen LogP contribution in [-0.2, 0) is 19.5 Å². The maximum atomic E-state index is 5.92. The summed E-state index contributed by atoms with van der Waals surface area (Å²) >= 11 is 5.92. The first-order chi connectivity index (χ1) is 11.7. The lowest BCUT2D eigenvalue weighted by Gasteiger charge is -2.26. The third kappa shape index (κ3) is 3.18. The summed E-state index contributed by atoms with van der Waals surface area (Å²) in [6.45, 7) is 4.43. The smallest absolute Gasteiger partial charge is 0.151 e. The summed E-state index contributed by atoms with van der Waals surface area (Å²) in [5.74, 6) is 1.68. The first-order valence-electron chi connectivity index (χ1n) is 7.93. The fourth-order valence-electron chi connectivity index (χ4n) is 2.96. The molecule has 5 nitrogen and oxygen atoms in total. The molecule has 1 aromatic carbocycles. The predicted octanol–water partition coefficient (Wildman–Crippen LogP) is 3.65. The third-order valence-corrected chi connectivity index (χ3v) is 4.48. The largest absolute Gasteiger partial charge is 0.359 e. The molecule has 0 atom stereocenters. The van der Waals surface area contributed by atoms with E-state index in [2.05, 4.69) is 20.0 Å². The summed E-state index contributed by atoms with van der Waals surface area (Å²) in [7, 11) is 0. The molecule has 0 spiro atoms. The van der Waals surface area contributed by atoms with Crippen molar-refractivity contribution in [3.63, 3.8) is 0 Å². The van der Waals surface area contributed by atoms with Gasteiger partial charge in [0.25, 0.3) is 0 Å². The van der Waals surface area contributed by atoms with Crippen molar-refractivity contribution in [2.75, 3.05) is 6.54 Å². The lowest BCUT2D eigenvalue weighted by molar-refractivity contribution is 0.211. The molecule has 0 unspecified atom stereocenters. The van der Waals surface area contributed by atoms with Crippen molar-refractivity contribution in [2.45, 2.75) is 26.4 Å². The first kappa shape index (κ1) is 15.3. The Morgan fingerprint density at radius 1 is 1.25 bits per heavy atom. The van der Waals surface area contributed by atoms with Gasteiger partial charge in [-0.3, -0.25) is 4.90 Å². The van der Waals surface area contributed by atoms with Gasteiger partial charge in [0.05, 0.1) is 12.2 Å². The van der Waals surface area contributed by atoms with Gasteiger partial charge < -0.3 is 4.52 Å². The number of hydrogen-bond acceptors (Lipinski definition) is 5. The predicted molar refractivity (Wildman–Crippen MR) is 91.5 cm³/mol. The molecule has 122 valence electrons. The van der Waals surface area contributed by atoms with Crippen molar-refractivity contribution >= 4 is 11.6 Å². The Labute approximate surface area is 145 Å². The zero-order valence-electron chi connectivity index (χ0n) is 13.4. The van der Waals surface area contributed by atoms with Crippen molar-refractivity contribution in [2.24, 2.45) is 0 Å². The van der Waals surface area contributed by atoms with Gasteiger partial charge in [0.1, 0.15) is 11.5 Å². The Morgan fingerprint density at radius 3 is 2.92 bits per heavy atom. The Morgan fingerprint density at radius 2 is 2.08 bits per heavy atom. The van der Waals surface area contributed by atoms with Gasteiger partial charge in [-0.2, -0.15) is 0 Å². The van der Waals surface area contributed by atoms with Crippen LogP contribution in [-0.4, -0.2) is 26.6 Å². The number of halogens is 1. The standard InChI is InChI=1S/C18H17ClN4O/c1-12-20-9-14-6-7-23(11-18(14)21-12)10-16-8-17(22-24-16)13-2-4-15(19)5-3-13/h2-5,8-9H,6-7,10-11H2,1H3. The summed E-state index contributed by atoms with van der Waals surface area (Å²) in [5, 5.41) is 4.88. The van der Waals surface area contributed by atoms with Crippen LogP contribution in [0.2, 0.25) is 5.02 Å². The van der Waals surface area contributed by atoms with E-state index >= 15 is 0 Å². The molecule has 0 amide bonds. The van der Waals surface area contributed by atoms with E-state index < -0.39 is 0 Å². The number of hydrogen-bond donors (Lipinski definition) is 0. The maximum Gasteiger partial charge on any atom is 0.151 e. The second-order valence-electron chi connectivity index (χ2n) is 6.04. The quantitative estimate of drug-likeness (QED) is 0.728. The summed E-state index contributed by atoms with van der Waals surface area (Å²) in [6.07, 6.45) is 2.91. The lowest BCUT2D eigenvalue weighted by Crippen LogP contribution is -2.31. The van der Waals surface area contributed by atoms with Gasteiger partial charge in [-0.05, 0) is 31.0 Å². The van der Waals surface area contributed by atoms with E-state index in [1.807, 2.05) is 43.5 Å². The molecule has 3 aromatic rings. The number of nitrogens with zero attached hydrogens (tertiary/aromatic N) is 4. The molecule has 3 heterocycles. The van der Waals surface area contributed by atoms with Crippen LogP contribution in [0.1, 0.15) is 22.8 Å². The topological polar surface area (TPSA) is 55.1 Å². The van der Waals surface area contributed by atoms with Gasteiger partial charge in [-0.15, -0.1) is 0 Å². The van der Waals surface area contributed by atoms with Crippen LogP contribution in [0.15, 0.2) is 41.1 Å². The number of benzene rings is 1. The van der Waals surface area contributed by atoms with Crippen LogP contribution in [0.25, 0.3) is 11.3 Å². The average Bonchev–Trinajstić information content (AvgIpc) is 3.03. The third-order valence-electron chi connectivity index (χ3n) is 4.22. The molecule has 0 saturated carbocycles. The number of rotatable bonds is 3. The maximum absolute atomic E-state index is 5.92. The molecular formula is C18H17ClN4O. The summed E-state index contributed by atoms with van der Waals surface area (Å²) < 4.78 is 5.51. The fourth-order valence-corrected chi connectivity index (χ4v) is 3.08. The molecule has 24 heavy (non-hydrogen) atoms. The van der Waals surface area contributed by atoms with Crippen molar-refractivity contribution in [1.29, 1.82) is 0 Å². The monoisotopic (exact) mass is 340 g/mol. The van der Waals surface area contributed by atoms with Gasteiger partial charge >= 0.3 is 0 Å². The van der Waals surface area contributed by atoms with Gasteiger partial charge in [0, 0.05) is 35.9 Å². The van der Waals surface area contributed by atoms with E-state index in [4.69, 9.17) is 16.1 Å². The molecule has 1 aliphatic rings. The highest BCUT2D eigenvalue weighted by atomic mass is 35.5. The highest BCUT2D eigenvalue weighted by Gasteiger charge is 2.19. The zero-order valence-corrected chi connectivity index (χ0v) is 14.1. The molecule has 0 aliphatic carbocycles. The molecule has 0 fully saturated rings. The van der Waals surface area contributed by atoms with E-state index in [1.165, 1.54) is 5.56 Å². The lowest BCUT2D eigenvalue weighted by atomic mass is 10.1. The van der Waals surface area contributed by atoms with Gasteiger partial charge in [0.2, 0.25) is 0 Å². The van der Waals surface area contributed by atoms with Crippen molar-refractivity contribution in [3.05, 3.63) is 64.4 Å². The summed E-state index contributed by atoms with van der Waals surface area (Å²) in [4.78, 5) is 11.2. The molecular weight excluding hydrogens is 324 g/mol. The van der Waals surface area contributed by atoms with Crippen LogP contribution in [0.4, 0.5) is 0 Å². The normalized spacial score (nSPS) is 14.6. The Kier molecular flexibility index (Phi) is 4.04. The minimum Gasteiger partial charge on any atom is -0.359 e. The molecule has 4 rings (SSSR count). The van der Waals surface area contributed by atoms with Crippen LogP contribution in [0.3, 0.4) is 0 Å². The summed E-state index contributed by atoms with van der Waals surface area (Å²) in [6, 6.07) is 9.59. The van der Waals surface area contributed by atoms with E-state index in [9.17, 15) is 0 Å². The van der Waals surface area contributed by atoms with E-state index in [0.717, 1.165) is 54.6 Å². The van der Waals surface area contributed by atoms with E-state index in [1.54, 1.807) is 0 Å². The van der Waals surface area contributed by atoms with Crippen LogP contribution in [0, 0.1) is 6.92 Å². The minimum absolute atomic E-state index is 0.715. The highest BCUT2D eigenvalue weighted by molar-refractivity contribution is 6.30. The molecule has 1 aliphatic heterocycles. The van der Waals surface area contributed by atoms with Crippen molar-refractivity contribution in [1.82, 2.24) is 20.0 Å². The van der Waals surface area contributed by atoms with E-state index in [-0.39, 0.29) is 0 Å². The van der Waals surface area contributed by atoms with Crippen molar-refractivity contribution < 1.29 is 4.52 Å². The van der Waals surface area contributed by atoms with Crippen LogP contribution in [0.5, 0.6) is 0 Å².